The van der Waals surface area contributed by atoms with E-state index in [2.05, 4.69) is 0 Å². The van der Waals surface area contributed by atoms with Crippen molar-refractivity contribution in [2.45, 2.75) is 24.3 Å². The maximum atomic E-state index is 13.2. The summed E-state index contributed by atoms with van der Waals surface area (Å²) in [6, 6.07) is 5.99. The summed E-state index contributed by atoms with van der Waals surface area (Å²) in [6.45, 7) is 1.59. The molecule has 0 aromatic heterocycles. The van der Waals surface area contributed by atoms with E-state index in [1.807, 2.05) is 6.07 Å². The molecule has 1 rings (SSSR count). The summed E-state index contributed by atoms with van der Waals surface area (Å²) in [5, 5.41) is 17.3. The third-order valence-electron chi connectivity index (χ3n) is 2.74. The summed E-state index contributed by atoms with van der Waals surface area (Å²) < 4.78 is 38.6. The molecule has 1 aromatic carbocycles. The van der Waals surface area contributed by atoms with E-state index in [9.17, 15) is 12.8 Å². The summed E-state index contributed by atoms with van der Waals surface area (Å²) >= 11 is 0. The largest absolute Gasteiger partial charge is 0.243 e. The van der Waals surface area contributed by atoms with Gasteiger partial charge in [0.1, 0.15) is 11.9 Å². The number of hydrogen-bond acceptors (Lipinski definition) is 4. The van der Waals surface area contributed by atoms with Crippen molar-refractivity contribution in [3.05, 3.63) is 29.6 Å². The highest BCUT2D eigenvalue weighted by atomic mass is 32.2. The molecule has 1 aromatic rings. The molecule has 0 saturated heterocycles. The van der Waals surface area contributed by atoms with E-state index in [0.29, 0.717) is 0 Å². The predicted molar refractivity (Wildman–Crippen MR) is 65.8 cm³/mol. The first kappa shape index (κ1) is 15.1. The average molecular weight is 281 g/mol. The fraction of sp³-hybridized carbons (Fsp3) is 0.333. The lowest BCUT2D eigenvalue weighted by molar-refractivity contribution is 0.393. The molecule has 0 N–H and O–H groups in total. The molecule has 0 aliphatic rings. The van der Waals surface area contributed by atoms with Gasteiger partial charge in [0.05, 0.1) is 22.9 Å². The molecule has 7 heteroatoms. The zero-order valence-corrected chi connectivity index (χ0v) is 11.3. The van der Waals surface area contributed by atoms with E-state index in [1.54, 1.807) is 13.0 Å². The Morgan fingerprint density at radius 1 is 1.42 bits per heavy atom. The summed E-state index contributed by atoms with van der Waals surface area (Å²) in [4.78, 5) is -0.169. The van der Waals surface area contributed by atoms with Gasteiger partial charge in [-0.2, -0.15) is 14.8 Å². The van der Waals surface area contributed by atoms with Crippen LogP contribution in [0.4, 0.5) is 4.39 Å². The number of hydrogen-bond donors (Lipinski definition) is 0. The van der Waals surface area contributed by atoms with Crippen LogP contribution < -0.4 is 0 Å². The van der Waals surface area contributed by atoms with Gasteiger partial charge in [0.25, 0.3) is 0 Å². The molecule has 1 atom stereocenters. The first-order chi connectivity index (χ1) is 8.84. The van der Waals surface area contributed by atoms with Gasteiger partial charge in [-0.1, -0.05) is 0 Å². The summed E-state index contributed by atoms with van der Waals surface area (Å²) in [5.74, 6) is -0.769. The highest BCUT2D eigenvalue weighted by Crippen LogP contribution is 2.20. The van der Waals surface area contributed by atoms with E-state index in [1.165, 1.54) is 7.05 Å². The molecule has 0 fully saturated rings. The summed E-state index contributed by atoms with van der Waals surface area (Å²) in [6.07, 6.45) is 0.0437. The standard InChI is InChI=1S/C12H12FN3O2S/c1-9(5-6-14)16(2)19(17,18)11-3-4-12(13)10(7-11)8-15/h3-4,7,9H,5H2,1-2H3/t9-/m0/s1. The molecule has 0 saturated carbocycles. The first-order valence-corrected chi connectivity index (χ1v) is 6.83. The van der Waals surface area contributed by atoms with Gasteiger partial charge in [-0.25, -0.2) is 12.8 Å². The van der Waals surface area contributed by atoms with Crippen molar-refractivity contribution in [3.63, 3.8) is 0 Å². The van der Waals surface area contributed by atoms with Crippen LogP contribution in [0.15, 0.2) is 23.1 Å². The highest BCUT2D eigenvalue weighted by Gasteiger charge is 2.26. The molecule has 5 nitrogen and oxygen atoms in total. The SMILES string of the molecule is C[C@@H](CC#N)N(C)S(=O)(=O)c1ccc(F)c(C#N)c1. The van der Waals surface area contributed by atoms with Gasteiger partial charge in [0, 0.05) is 13.1 Å². The third-order valence-corrected chi connectivity index (χ3v) is 4.71. The predicted octanol–water partition coefficient (Wildman–Crippen LogP) is 1.62. The normalized spacial score (nSPS) is 12.7. The van der Waals surface area contributed by atoms with Gasteiger partial charge in [0.2, 0.25) is 10.0 Å². The third kappa shape index (κ3) is 3.08. The maximum Gasteiger partial charge on any atom is 0.243 e. The molecule has 0 radical (unpaired) electrons. The molecule has 19 heavy (non-hydrogen) atoms. The fourth-order valence-electron chi connectivity index (χ4n) is 1.41. The Balaban J connectivity index is 3.22. The van der Waals surface area contributed by atoms with E-state index in [0.717, 1.165) is 22.5 Å². The molecule has 0 aliphatic heterocycles. The van der Waals surface area contributed by atoms with Crippen LogP contribution in [-0.4, -0.2) is 25.8 Å². The van der Waals surface area contributed by atoms with Crippen LogP contribution in [0.1, 0.15) is 18.9 Å². The zero-order valence-electron chi connectivity index (χ0n) is 10.5. The Labute approximate surface area is 111 Å². The Morgan fingerprint density at radius 3 is 2.58 bits per heavy atom. The van der Waals surface area contributed by atoms with E-state index < -0.39 is 21.9 Å². The number of rotatable bonds is 4. The fourth-order valence-corrected chi connectivity index (χ4v) is 2.80. The number of halogens is 1. The Hall–Kier alpha value is -1.96. The Bertz CT molecular complexity index is 659. The zero-order chi connectivity index (χ0) is 14.6. The smallest absolute Gasteiger partial charge is 0.207 e. The van der Waals surface area contributed by atoms with Crippen molar-refractivity contribution in [1.82, 2.24) is 4.31 Å². The summed E-state index contributed by atoms with van der Waals surface area (Å²) in [7, 11) is -2.51. The molecular formula is C12H12FN3O2S. The molecule has 0 heterocycles. The van der Waals surface area contributed by atoms with E-state index in [-0.39, 0.29) is 16.9 Å². The van der Waals surface area contributed by atoms with Gasteiger partial charge >= 0.3 is 0 Å². The lowest BCUT2D eigenvalue weighted by Crippen LogP contribution is -2.34. The van der Waals surface area contributed by atoms with E-state index >= 15 is 0 Å². The maximum absolute atomic E-state index is 13.2. The van der Waals surface area contributed by atoms with Crippen LogP contribution >= 0.6 is 0 Å². The summed E-state index contributed by atoms with van der Waals surface area (Å²) in [5.41, 5.74) is -0.331. The van der Waals surface area contributed by atoms with Crippen molar-refractivity contribution in [2.75, 3.05) is 7.05 Å². The van der Waals surface area contributed by atoms with Gasteiger partial charge in [-0.15, -0.1) is 0 Å². The second kappa shape index (κ2) is 5.79. The Kier molecular flexibility index (Phi) is 4.60. The number of benzene rings is 1. The number of nitriles is 2. The first-order valence-electron chi connectivity index (χ1n) is 5.39. The molecule has 100 valence electrons. The molecule has 0 unspecified atom stereocenters. The quantitative estimate of drug-likeness (QED) is 0.839. The van der Waals surface area contributed by atoms with Crippen molar-refractivity contribution >= 4 is 10.0 Å². The highest BCUT2D eigenvalue weighted by molar-refractivity contribution is 7.89. The topological polar surface area (TPSA) is 85.0 Å². The van der Waals surface area contributed by atoms with Gasteiger partial charge in [-0.05, 0) is 25.1 Å². The number of sulfonamides is 1. The molecule has 0 aliphatic carbocycles. The van der Waals surface area contributed by atoms with Gasteiger partial charge in [0.15, 0.2) is 0 Å². The minimum atomic E-state index is -3.85. The van der Waals surface area contributed by atoms with Gasteiger partial charge in [-0.3, -0.25) is 0 Å². The molecule has 0 amide bonds. The van der Waals surface area contributed by atoms with Crippen molar-refractivity contribution < 1.29 is 12.8 Å². The van der Waals surface area contributed by atoms with Crippen molar-refractivity contribution in [3.8, 4) is 12.1 Å². The average Bonchev–Trinajstić information content (AvgIpc) is 2.38. The van der Waals surface area contributed by atoms with Crippen molar-refractivity contribution in [1.29, 1.82) is 10.5 Å². The van der Waals surface area contributed by atoms with Crippen LogP contribution in [0.2, 0.25) is 0 Å². The monoisotopic (exact) mass is 281 g/mol. The Morgan fingerprint density at radius 2 is 2.05 bits per heavy atom. The molecular weight excluding hydrogens is 269 g/mol. The van der Waals surface area contributed by atoms with Gasteiger partial charge < -0.3 is 0 Å². The number of nitrogens with zero attached hydrogens (tertiary/aromatic N) is 3. The molecule has 0 spiro atoms. The van der Waals surface area contributed by atoms with Crippen LogP contribution in [-0.2, 0) is 10.0 Å². The molecule has 0 bridgehead atoms. The minimum absolute atomic E-state index is 0.0437. The van der Waals surface area contributed by atoms with Crippen LogP contribution in [0.25, 0.3) is 0 Å². The second-order valence-corrected chi connectivity index (χ2v) is 5.98. The van der Waals surface area contributed by atoms with E-state index in [4.69, 9.17) is 10.5 Å². The lowest BCUT2D eigenvalue weighted by Gasteiger charge is -2.22. The van der Waals surface area contributed by atoms with Crippen LogP contribution in [0, 0.1) is 28.5 Å². The minimum Gasteiger partial charge on any atom is -0.207 e. The lowest BCUT2D eigenvalue weighted by atomic mass is 10.2. The van der Waals surface area contributed by atoms with Crippen molar-refractivity contribution in [2.24, 2.45) is 0 Å². The second-order valence-electron chi connectivity index (χ2n) is 3.99. The van der Waals surface area contributed by atoms with Crippen LogP contribution in [0.5, 0.6) is 0 Å². The van der Waals surface area contributed by atoms with Crippen LogP contribution in [0.3, 0.4) is 0 Å².